The first-order valence-corrected chi connectivity index (χ1v) is 8.55. The van der Waals surface area contributed by atoms with E-state index in [1.807, 2.05) is 24.3 Å². The standard InChI is InChI=1S/C19H20FN3O3/c20-17-8-7-16(11-18(17)23(25)26)19(24)21-12-14-3-5-15(6-4-14)13-22-9-1-2-10-22/h3-8,11H,1-2,9-10,12-13H2,(H,21,24). The largest absolute Gasteiger partial charge is 0.348 e. The second-order valence-corrected chi connectivity index (χ2v) is 6.41. The summed E-state index contributed by atoms with van der Waals surface area (Å²) in [6.45, 7) is 3.52. The van der Waals surface area contributed by atoms with Gasteiger partial charge in [-0.15, -0.1) is 0 Å². The number of hydrogen-bond donors (Lipinski definition) is 1. The molecule has 0 aliphatic carbocycles. The summed E-state index contributed by atoms with van der Waals surface area (Å²) in [6.07, 6.45) is 2.51. The maximum absolute atomic E-state index is 13.3. The highest BCUT2D eigenvalue weighted by Gasteiger charge is 2.17. The van der Waals surface area contributed by atoms with Crippen molar-refractivity contribution in [2.24, 2.45) is 0 Å². The van der Waals surface area contributed by atoms with Gasteiger partial charge in [-0.1, -0.05) is 24.3 Å². The Hall–Kier alpha value is -2.80. The van der Waals surface area contributed by atoms with E-state index in [1.54, 1.807) is 0 Å². The number of nitro benzene ring substituents is 1. The van der Waals surface area contributed by atoms with Crippen LogP contribution in [0.3, 0.4) is 0 Å². The first-order valence-electron chi connectivity index (χ1n) is 8.55. The smallest absolute Gasteiger partial charge is 0.305 e. The maximum Gasteiger partial charge on any atom is 0.305 e. The molecule has 0 aromatic heterocycles. The molecular weight excluding hydrogens is 337 g/mol. The fourth-order valence-corrected chi connectivity index (χ4v) is 3.04. The van der Waals surface area contributed by atoms with E-state index in [4.69, 9.17) is 0 Å². The molecule has 0 bridgehead atoms. The van der Waals surface area contributed by atoms with Crippen molar-refractivity contribution < 1.29 is 14.1 Å². The number of benzene rings is 2. The molecule has 0 unspecified atom stereocenters. The van der Waals surface area contributed by atoms with Gasteiger partial charge in [0.1, 0.15) is 0 Å². The zero-order valence-corrected chi connectivity index (χ0v) is 14.3. The molecule has 1 amide bonds. The Bertz CT molecular complexity index is 802. The molecule has 0 saturated carbocycles. The molecule has 0 atom stereocenters. The number of likely N-dealkylation sites (tertiary alicyclic amines) is 1. The van der Waals surface area contributed by atoms with Gasteiger partial charge in [-0.2, -0.15) is 4.39 Å². The van der Waals surface area contributed by atoms with Gasteiger partial charge in [0.2, 0.25) is 5.82 Å². The quantitative estimate of drug-likeness (QED) is 0.636. The molecule has 6 nitrogen and oxygen atoms in total. The van der Waals surface area contributed by atoms with E-state index in [0.29, 0.717) is 6.54 Å². The summed E-state index contributed by atoms with van der Waals surface area (Å²) in [6, 6.07) is 11.1. The number of nitro groups is 1. The molecular formula is C19H20FN3O3. The highest BCUT2D eigenvalue weighted by atomic mass is 19.1. The minimum absolute atomic E-state index is 0.0590. The van der Waals surface area contributed by atoms with Crippen LogP contribution in [0.25, 0.3) is 0 Å². The molecule has 3 rings (SSSR count). The Labute approximate surface area is 150 Å². The predicted molar refractivity (Wildman–Crippen MR) is 95.2 cm³/mol. The number of carbonyl (C=O) groups is 1. The van der Waals surface area contributed by atoms with Crippen molar-refractivity contribution in [3.63, 3.8) is 0 Å². The second-order valence-electron chi connectivity index (χ2n) is 6.41. The van der Waals surface area contributed by atoms with Crippen LogP contribution in [0.5, 0.6) is 0 Å². The van der Waals surface area contributed by atoms with Crippen molar-refractivity contribution in [1.82, 2.24) is 10.2 Å². The molecule has 26 heavy (non-hydrogen) atoms. The van der Waals surface area contributed by atoms with Crippen LogP contribution in [0.1, 0.15) is 34.3 Å². The Morgan fingerprint density at radius 3 is 2.42 bits per heavy atom. The fraction of sp³-hybridized carbons (Fsp3) is 0.316. The van der Waals surface area contributed by atoms with E-state index < -0.39 is 22.3 Å². The van der Waals surface area contributed by atoms with Crippen molar-refractivity contribution in [3.05, 3.63) is 75.1 Å². The minimum Gasteiger partial charge on any atom is -0.348 e. The summed E-state index contributed by atoms with van der Waals surface area (Å²) in [5, 5.41) is 13.5. The van der Waals surface area contributed by atoms with Gasteiger partial charge in [0.15, 0.2) is 0 Å². The molecule has 1 heterocycles. The van der Waals surface area contributed by atoms with Gasteiger partial charge >= 0.3 is 5.69 Å². The topological polar surface area (TPSA) is 75.5 Å². The number of hydrogen-bond acceptors (Lipinski definition) is 4. The number of halogens is 1. The average molecular weight is 357 g/mol. The fourth-order valence-electron chi connectivity index (χ4n) is 3.04. The molecule has 2 aromatic rings. The minimum atomic E-state index is -0.958. The number of amides is 1. The summed E-state index contributed by atoms with van der Waals surface area (Å²) in [7, 11) is 0. The van der Waals surface area contributed by atoms with Crippen LogP contribution in [0.4, 0.5) is 10.1 Å². The zero-order chi connectivity index (χ0) is 18.5. The lowest BCUT2D eigenvalue weighted by molar-refractivity contribution is -0.387. The van der Waals surface area contributed by atoms with Crippen LogP contribution < -0.4 is 5.32 Å². The Kier molecular flexibility index (Phi) is 5.58. The lowest BCUT2D eigenvalue weighted by atomic mass is 10.1. The van der Waals surface area contributed by atoms with Crippen molar-refractivity contribution in [2.75, 3.05) is 13.1 Å². The molecule has 1 aliphatic heterocycles. The van der Waals surface area contributed by atoms with Crippen LogP contribution in [0.15, 0.2) is 42.5 Å². The number of nitrogens with one attached hydrogen (secondary N) is 1. The molecule has 2 aromatic carbocycles. The summed E-state index contributed by atoms with van der Waals surface area (Å²) >= 11 is 0. The van der Waals surface area contributed by atoms with E-state index >= 15 is 0 Å². The van der Waals surface area contributed by atoms with Crippen molar-refractivity contribution >= 4 is 11.6 Å². The van der Waals surface area contributed by atoms with Gasteiger partial charge in [-0.25, -0.2) is 0 Å². The molecule has 1 saturated heterocycles. The highest BCUT2D eigenvalue weighted by Crippen LogP contribution is 2.18. The van der Waals surface area contributed by atoms with Crippen molar-refractivity contribution in [1.29, 1.82) is 0 Å². The van der Waals surface area contributed by atoms with Gasteiger partial charge < -0.3 is 5.32 Å². The lowest BCUT2D eigenvalue weighted by Gasteiger charge is -2.14. The first-order chi connectivity index (χ1) is 12.5. The number of carbonyl (C=O) groups excluding carboxylic acids is 1. The van der Waals surface area contributed by atoms with E-state index in [2.05, 4.69) is 10.2 Å². The molecule has 0 spiro atoms. The average Bonchev–Trinajstić information content (AvgIpc) is 3.14. The summed E-state index contributed by atoms with van der Waals surface area (Å²) in [5.41, 5.74) is 1.52. The SMILES string of the molecule is O=C(NCc1ccc(CN2CCCC2)cc1)c1ccc(F)c([N+](=O)[O-])c1. The molecule has 7 heteroatoms. The van der Waals surface area contributed by atoms with E-state index in [9.17, 15) is 19.3 Å². The third kappa shape index (κ3) is 4.43. The van der Waals surface area contributed by atoms with Crippen LogP contribution in [0, 0.1) is 15.9 Å². The Balaban J connectivity index is 1.57. The van der Waals surface area contributed by atoms with Gasteiger partial charge in [-0.05, 0) is 49.2 Å². The predicted octanol–water partition coefficient (Wildman–Crippen LogP) is 3.26. The van der Waals surface area contributed by atoms with Crippen LogP contribution >= 0.6 is 0 Å². The van der Waals surface area contributed by atoms with Crippen LogP contribution in [-0.2, 0) is 13.1 Å². The lowest BCUT2D eigenvalue weighted by Crippen LogP contribution is -2.23. The maximum atomic E-state index is 13.3. The molecule has 136 valence electrons. The second kappa shape index (κ2) is 8.05. The van der Waals surface area contributed by atoms with E-state index in [0.717, 1.165) is 37.3 Å². The molecule has 1 aliphatic rings. The van der Waals surface area contributed by atoms with Crippen molar-refractivity contribution in [3.8, 4) is 0 Å². The van der Waals surface area contributed by atoms with Crippen LogP contribution in [-0.4, -0.2) is 28.8 Å². The first kappa shape index (κ1) is 18.0. The Morgan fingerprint density at radius 1 is 1.12 bits per heavy atom. The normalized spacial score (nSPS) is 14.3. The summed E-state index contributed by atoms with van der Waals surface area (Å²) < 4.78 is 13.3. The summed E-state index contributed by atoms with van der Waals surface area (Å²) in [5.74, 6) is -1.44. The van der Waals surface area contributed by atoms with Gasteiger partial charge in [0, 0.05) is 24.7 Å². The molecule has 1 fully saturated rings. The van der Waals surface area contributed by atoms with Crippen LogP contribution in [0.2, 0.25) is 0 Å². The molecule has 0 radical (unpaired) electrons. The van der Waals surface area contributed by atoms with E-state index in [-0.39, 0.29) is 5.56 Å². The summed E-state index contributed by atoms with van der Waals surface area (Å²) in [4.78, 5) is 24.5. The highest BCUT2D eigenvalue weighted by molar-refractivity contribution is 5.94. The van der Waals surface area contributed by atoms with Crippen molar-refractivity contribution in [2.45, 2.75) is 25.9 Å². The zero-order valence-electron chi connectivity index (χ0n) is 14.3. The van der Waals surface area contributed by atoms with Gasteiger partial charge in [0.05, 0.1) is 4.92 Å². The monoisotopic (exact) mass is 357 g/mol. The third-order valence-electron chi connectivity index (χ3n) is 4.49. The van der Waals surface area contributed by atoms with Gasteiger partial charge in [-0.3, -0.25) is 19.8 Å². The van der Waals surface area contributed by atoms with E-state index in [1.165, 1.54) is 24.5 Å². The number of rotatable bonds is 6. The Morgan fingerprint density at radius 2 is 1.77 bits per heavy atom. The van der Waals surface area contributed by atoms with Gasteiger partial charge in [0.25, 0.3) is 5.91 Å². The molecule has 1 N–H and O–H groups in total. The third-order valence-corrected chi connectivity index (χ3v) is 4.49. The number of nitrogens with zero attached hydrogens (tertiary/aromatic N) is 2.